The molecule has 142 valence electrons. The second kappa shape index (κ2) is 11.6. The van der Waals surface area contributed by atoms with Gasteiger partial charge in [0.1, 0.15) is 11.4 Å². The maximum Gasteiger partial charge on any atom is 0.305 e. The molecule has 0 aliphatic carbocycles. The molecule has 9 nitrogen and oxygen atoms in total. The zero-order chi connectivity index (χ0) is 19.4. The lowest BCUT2D eigenvalue weighted by Gasteiger charge is -2.07. The Morgan fingerprint density at radius 2 is 1.27 bits per heavy atom. The Bertz CT molecular complexity index is 596. The van der Waals surface area contributed by atoms with E-state index >= 15 is 0 Å². The van der Waals surface area contributed by atoms with Crippen LogP contribution in [-0.4, -0.2) is 56.0 Å². The van der Waals surface area contributed by atoms with E-state index in [-0.39, 0.29) is 36.2 Å². The quantitative estimate of drug-likeness (QED) is 0.456. The van der Waals surface area contributed by atoms with Gasteiger partial charge in [-0.2, -0.15) is 0 Å². The fourth-order valence-corrected chi connectivity index (χ4v) is 1.94. The summed E-state index contributed by atoms with van der Waals surface area (Å²) < 4.78 is 9.02. The summed E-state index contributed by atoms with van der Waals surface area (Å²) in [7, 11) is 2.60. The second-order valence-corrected chi connectivity index (χ2v) is 5.28. The van der Waals surface area contributed by atoms with Gasteiger partial charge in [-0.25, -0.2) is 4.98 Å². The van der Waals surface area contributed by atoms with Gasteiger partial charge < -0.3 is 20.1 Å². The molecule has 0 radical (unpaired) electrons. The normalized spacial score (nSPS) is 9.92. The molecule has 0 unspecified atom stereocenters. The lowest BCUT2D eigenvalue weighted by Crippen LogP contribution is -2.29. The van der Waals surface area contributed by atoms with E-state index in [1.54, 1.807) is 6.07 Å². The number of carbonyl (C=O) groups excluding carboxylic acids is 4. The van der Waals surface area contributed by atoms with E-state index in [0.717, 1.165) is 0 Å². The van der Waals surface area contributed by atoms with Gasteiger partial charge in [0.15, 0.2) is 0 Å². The lowest BCUT2D eigenvalue weighted by molar-refractivity contribution is -0.141. The van der Waals surface area contributed by atoms with Crippen LogP contribution >= 0.6 is 0 Å². The van der Waals surface area contributed by atoms with Crippen molar-refractivity contribution in [3.05, 3.63) is 29.6 Å². The van der Waals surface area contributed by atoms with Crippen LogP contribution in [0.1, 0.15) is 46.7 Å². The minimum Gasteiger partial charge on any atom is -0.469 e. The van der Waals surface area contributed by atoms with E-state index in [1.165, 1.54) is 26.4 Å². The highest BCUT2D eigenvalue weighted by atomic mass is 16.5. The number of hydrogen-bond acceptors (Lipinski definition) is 7. The third-order valence-corrected chi connectivity index (χ3v) is 3.36. The van der Waals surface area contributed by atoms with Crippen LogP contribution in [0.2, 0.25) is 0 Å². The Labute approximate surface area is 151 Å². The highest BCUT2D eigenvalue weighted by molar-refractivity contribution is 5.96. The first kappa shape index (κ1) is 21.1. The molecular weight excluding hydrogens is 342 g/mol. The minimum absolute atomic E-state index is 0.102. The standard InChI is InChI=1S/C17H23N3O6/c1-25-14(21)8-4-10-18-16(23)12-6-3-7-13(20-12)17(24)19-11-5-9-15(22)26-2/h3,6-7H,4-5,8-11H2,1-2H3,(H,18,23)(H,19,24). The summed E-state index contributed by atoms with van der Waals surface area (Å²) in [6.45, 7) is 0.582. The van der Waals surface area contributed by atoms with Crippen molar-refractivity contribution >= 4 is 23.8 Å². The van der Waals surface area contributed by atoms with Gasteiger partial charge in [0, 0.05) is 25.9 Å². The molecule has 0 aromatic carbocycles. The molecule has 1 aromatic heterocycles. The Hall–Kier alpha value is -2.97. The number of nitrogens with one attached hydrogen (secondary N) is 2. The van der Waals surface area contributed by atoms with Crippen LogP contribution < -0.4 is 10.6 Å². The number of hydrogen-bond donors (Lipinski definition) is 2. The van der Waals surface area contributed by atoms with Crippen molar-refractivity contribution in [2.45, 2.75) is 25.7 Å². The molecular formula is C17H23N3O6. The average molecular weight is 365 g/mol. The number of rotatable bonds is 10. The first-order valence-corrected chi connectivity index (χ1v) is 8.15. The molecule has 0 saturated heterocycles. The van der Waals surface area contributed by atoms with Crippen LogP contribution in [0.5, 0.6) is 0 Å². The zero-order valence-corrected chi connectivity index (χ0v) is 14.9. The van der Waals surface area contributed by atoms with Crippen molar-refractivity contribution in [3.8, 4) is 0 Å². The molecule has 2 amide bonds. The molecule has 0 spiro atoms. The Morgan fingerprint density at radius 3 is 1.65 bits per heavy atom. The maximum atomic E-state index is 12.0. The van der Waals surface area contributed by atoms with Crippen molar-refractivity contribution in [1.82, 2.24) is 15.6 Å². The highest BCUT2D eigenvalue weighted by Crippen LogP contribution is 2.01. The van der Waals surface area contributed by atoms with Gasteiger partial charge >= 0.3 is 11.9 Å². The van der Waals surface area contributed by atoms with Gasteiger partial charge in [-0.1, -0.05) is 6.07 Å². The first-order chi connectivity index (χ1) is 12.5. The summed E-state index contributed by atoms with van der Waals surface area (Å²) in [4.78, 5) is 50.1. The lowest BCUT2D eigenvalue weighted by atomic mass is 10.2. The average Bonchev–Trinajstić information content (AvgIpc) is 2.67. The number of esters is 2. The number of nitrogens with zero attached hydrogens (tertiary/aromatic N) is 1. The third kappa shape index (κ3) is 7.73. The predicted octanol–water partition coefficient (Wildman–Crippen LogP) is 0.448. The smallest absolute Gasteiger partial charge is 0.305 e. The van der Waals surface area contributed by atoms with E-state index in [4.69, 9.17) is 0 Å². The highest BCUT2D eigenvalue weighted by Gasteiger charge is 2.12. The molecule has 1 aromatic rings. The van der Waals surface area contributed by atoms with Crippen molar-refractivity contribution in [2.24, 2.45) is 0 Å². The van der Waals surface area contributed by atoms with Crippen LogP contribution in [0.15, 0.2) is 18.2 Å². The topological polar surface area (TPSA) is 124 Å². The Balaban J connectivity index is 2.45. The molecule has 0 aliphatic heterocycles. The second-order valence-electron chi connectivity index (χ2n) is 5.28. The summed E-state index contributed by atoms with van der Waals surface area (Å²) >= 11 is 0. The van der Waals surface area contributed by atoms with Crippen LogP contribution in [-0.2, 0) is 19.1 Å². The van der Waals surface area contributed by atoms with E-state index in [1.807, 2.05) is 0 Å². The first-order valence-electron chi connectivity index (χ1n) is 8.15. The number of aromatic nitrogens is 1. The van der Waals surface area contributed by atoms with Gasteiger partial charge in [0.25, 0.3) is 11.8 Å². The fraction of sp³-hybridized carbons (Fsp3) is 0.471. The predicted molar refractivity (Wildman–Crippen MR) is 91.4 cm³/mol. The third-order valence-electron chi connectivity index (χ3n) is 3.36. The van der Waals surface area contributed by atoms with Crippen LogP contribution in [0.3, 0.4) is 0 Å². The molecule has 0 atom stereocenters. The molecule has 0 saturated carbocycles. The van der Waals surface area contributed by atoms with Crippen LogP contribution in [0.25, 0.3) is 0 Å². The van der Waals surface area contributed by atoms with Crippen LogP contribution in [0, 0.1) is 0 Å². The van der Waals surface area contributed by atoms with E-state index < -0.39 is 11.8 Å². The maximum absolute atomic E-state index is 12.0. The molecule has 2 N–H and O–H groups in total. The largest absolute Gasteiger partial charge is 0.469 e. The van der Waals surface area contributed by atoms with Crippen molar-refractivity contribution in [1.29, 1.82) is 0 Å². The monoisotopic (exact) mass is 365 g/mol. The summed E-state index contributed by atoms with van der Waals surface area (Å²) in [5.74, 6) is -1.56. The zero-order valence-electron chi connectivity index (χ0n) is 14.9. The summed E-state index contributed by atoms with van der Waals surface area (Å²) in [5, 5.41) is 5.25. The van der Waals surface area contributed by atoms with Gasteiger partial charge in [-0.3, -0.25) is 19.2 Å². The van der Waals surface area contributed by atoms with Gasteiger partial charge in [0.05, 0.1) is 14.2 Å². The van der Waals surface area contributed by atoms with Crippen LogP contribution in [0.4, 0.5) is 0 Å². The molecule has 1 rings (SSSR count). The number of methoxy groups -OCH3 is 2. The van der Waals surface area contributed by atoms with Crippen molar-refractivity contribution in [3.63, 3.8) is 0 Å². The van der Waals surface area contributed by atoms with E-state index in [0.29, 0.717) is 25.9 Å². The van der Waals surface area contributed by atoms with Crippen molar-refractivity contribution < 1.29 is 28.7 Å². The van der Waals surface area contributed by atoms with E-state index in [9.17, 15) is 19.2 Å². The SMILES string of the molecule is COC(=O)CCCNC(=O)c1cccc(C(=O)NCCCC(=O)OC)n1. The fourth-order valence-electron chi connectivity index (χ4n) is 1.94. The number of ether oxygens (including phenoxy) is 2. The Kier molecular flexibility index (Phi) is 9.37. The van der Waals surface area contributed by atoms with Gasteiger partial charge in [-0.05, 0) is 25.0 Å². The molecule has 26 heavy (non-hydrogen) atoms. The molecule has 0 bridgehead atoms. The summed E-state index contributed by atoms with van der Waals surface area (Å²) in [6, 6.07) is 4.53. The summed E-state index contributed by atoms with van der Waals surface area (Å²) in [6.07, 6.45) is 1.30. The molecule has 0 fully saturated rings. The van der Waals surface area contributed by atoms with Gasteiger partial charge in [-0.15, -0.1) is 0 Å². The van der Waals surface area contributed by atoms with Gasteiger partial charge in [0.2, 0.25) is 0 Å². The molecule has 1 heterocycles. The summed E-state index contributed by atoms with van der Waals surface area (Å²) in [5.41, 5.74) is 0.204. The van der Waals surface area contributed by atoms with Crippen molar-refractivity contribution in [2.75, 3.05) is 27.3 Å². The minimum atomic E-state index is -0.435. The molecule has 0 aliphatic rings. The molecule has 9 heteroatoms. The Morgan fingerprint density at radius 1 is 0.846 bits per heavy atom. The number of amides is 2. The number of carbonyl (C=O) groups is 4. The van der Waals surface area contributed by atoms with E-state index in [2.05, 4.69) is 25.1 Å². The number of pyridine rings is 1.